The molecule has 1 atom stereocenters. The van der Waals surface area contributed by atoms with E-state index in [0.29, 0.717) is 12.5 Å². The van der Waals surface area contributed by atoms with Crippen molar-refractivity contribution in [3.8, 4) is 0 Å². The Hall–Kier alpha value is -3.43. The molecule has 1 aliphatic rings. The van der Waals surface area contributed by atoms with Crippen molar-refractivity contribution in [2.45, 2.75) is 24.8 Å². The molecule has 1 unspecified atom stereocenters. The largest absolute Gasteiger partial charge is 0.377 e. The van der Waals surface area contributed by atoms with Crippen molar-refractivity contribution < 1.29 is 4.74 Å². The first-order chi connectivity index (χ1) is 16.3. The number of imidazole rings is 1. The van der Waals surface area contributed by atoms with Gasteiger partial charge in [-0.2, -0.15) is 0 Å². The summed E-state index contributed by atoms with van der Waals surface area (Å²) < 4.78 is 8.20. The van der Waals surface area contributed by atoms with Crippen LogP contribution in [0, 0.1) is 5.92 Å². The molecule has 4 aromatic rings. The van der Waals surface area contributed by atoms with Gasteiger partial charge in [0.2, 0.25) is 0 Å². The van der Waals surface area contributed by atoms with Crippen LogP contribution in [0.1, 0.15) is 34.5 Å². The molecule has 5 rings (SSSR count). The van der Waals surface area contributed by atoms with E-state index in [0.717, 1.165) is 25.9 Å². The van der Waals surface area contributed by atoms with Crippen LogP contribution < -0.4 is 0 Å². The number of ether oxygens (including phenoxy) is 1. The van der Waals surface area contributed by atoms with Crippen LogP contribution in [-0.4, -0.2) is 22.8 Å². The minimum atomic E-state index is -0.490. The molecule has 3 heteroatoms. The van der Waals surface area contributed by atoms with Crippen LogP contribution in [0.2, 0.25) is 0 Å². The van der Waals surface area contributed by atoms with Gasteiger partial charge < -0.3 is 9.30 Å². The van der Waals surface area contributed by atoms with Gasteiger partial charge in [-0.25, -0.2) is 4.98 Å². The highest BCUT2D eigenvalue weighted by Gasteiger charge is 2.41. The molecule has 0 aliphatic heterocycles. The lowest BCUT2D eigenvalue weighted by Crippen LogP contribution is -2.39. The van der Waals surface area contributed by atoms with Crippen molar-refractivity contribution in [2.75, 3.05) is 13.2 Å². The highest BCUT2D eigenvalue weighted by molar-refractivity contribution is 5.51. The first-order valence-electron chi connectivity index (χ1n) is 11.7. The van der Waals surface area contributed by atoms with Crippen molar-refractivity contribution in [3.63, 3.8) is 0 Å². The molecule has 0 spiro atoms. The molecular formula is C30H30N2O. The number of hydrogen-bond acceptors (Lipinski definition) is 2. The van der Waals surface area contributed by atoms with Crippen LogP contribution in [0.3, 0.4) is 0 Å². The van der Waals surface area contributed by atoms with Crippen LogP contribution in [0.25, 0.3) is 0 Å². The predicted octanol–water partition coefficient (Wildman–Crippen LogP) is 6.03. The quantitative estimate of drug-likeness (QED) is 0.192. The molecule has 0 fully saturated rings. The maximum absolute atomic E-state index is 5.77. The minimum Gasteiger partial charge on any atom is -0.377 e. The molecule has 0 N–H and O–H groups in total. The average molecular weight is 435 g/mol. The molecule has 33 heavy (non-hydrogen) atoms. The first kappa shape index (κ1) is 21.4. The highest BCUT2D eigenvalue weighted by atomic mass is 16.5. The first-order valence-corrected chi connectivity index (χ1v) is 11.7. The van der Waals surface area contributed by atoms with Crippen LogP contribution >= 0.6 is 0 Å². The monoisotopic (exact) mass is 434 g/mol. The van der Waals surface area contributed by atoms with Gasteiger partial charge in [-0.05, 0) is 41.9 Å². The van der Waals surface area contributed by atoms with E-state index in [2.05, 4.69) is 108 Å². The Bertz CT molecular complexity index is 1090. The third-order valence-corrected chi connectivity index (χ3v) is 6.75. The second-order valence-corrected chi connectivity index (χ2v) is 8.75. The van der Waals surface area contributed by atoms with E-state index >= 15 is 0 Å². The van der Waals surface area contributed by atoms with Gasteiger partial charge in [0.05, 0.1) is 25.2 Å². The molecule has 1 aromatic heterocycles. The Kier molecular flexibility index (Phi) is 6.23. The topological polar surface area (TPSA) is 27.1 Å². The normalized spacial score (nSPS) is 15.7. The van der Waals surface area contributed by atoms with Crippen molar-refractivity contribution in [1.82, 2.24) is 9.55 Å². The predicted molar refractivity (Wildman–Crippen MR) is 133 cm³/mol. The summed E-state index contributed by atoms with van der Waals surface area (Å²) in [6, 6.07) is 32.5. The smallest absolute Gasteiger partial charge is 0.121 e. The molecule has 0 bridgehead atoms. The summed E-state index contributed by atoms with van der Waals surface area (Å²) >= 11 is 0. The zero-order chi connectivity index (χ0) is 22.5. The average Bonchev–Trinajstić information content (AvgIpc) is 3.30. The fourth-order valence-corrected chi connectivity index (χ4v) is 5.27. The van der Waals surface area contributed by atoms with E-state index < -0.39 is 5.54 Å². The van der Waals surface area contributed by atoms with Gasteiger partial charge in [0.1, 0.15) is 5.54 Å². The fraction of sp³-hybridized carbons (Fsp3) is 0.233. The lowest BCUT2D eigenvalue weighted by Gasteiger charge is -2.39. The summed E-state index contributed by atoms with van der Waals surface area (Å²) in [6.45, 7) is 5.13. The maximum Gasteiger partial charge on any atom is 0.121 e. The number of hydrogen-bond donors (Lipinski definition) is 0. The second kappa shape index (κ2) is 9.60. The molecule has 0 saturated carbocycles. The van der Waals surface area contributed by atoms with Crippen molar-refractivity contribution in [3.05, 3.63) is 138 Å². The standard InChI is InChI=1S/C30H30N2O/c1-2-20-33-22-24-18-19-29-28(21-24)31-23-32(29)30(25-12-6-3-7-13-25,26-14-8-4-9-15-26)27-16-10-5-11-17-27/h2-17,23-24H,1,18-22H2. The van der Waals surface area contributed by atoms with E-state index in [1.807, 2.05) is 6.08 Å². The van der Waals surface area contributed by atoms with E-state index in [-0.39, 0.29) is 0 Å². The van der Waals surface area contributed by atoms with Crippen LogP contribution in [0.4, 0.5) is 0 Å². The maximum atomic E-state index is 5.77. The van der Waals surface area contributed by atoms with Gasteiger partial charge in [0.15, 0.2) is 0 Å². The molecule has 166 valence electrons. The Morgan fingerprint density at radius 1 is 0.879 bits per heavy atom. The minimum absolute atomic E-state index is 0.490. The van der Waals surface area contributed by atoms with Crippen molar-refractivity contribution in [2.24, 2.45) is 5.92 Å². The van der Waals surface area contributed by atoms with E-state index in [4.69, 9.17) is 9.72 Å². The van der Waals surface area contributed by atoms with Crippen molar-refractivity contribution >= 4 is 0 Å². The number of benzene rings is 3. The van der Waals surface area contributed by atoms with Crippen LogP contribution in [0.5, 0.6) is 0 Å². The van der Waals surface area contributed by atoms with E-state index in [9.17, 15) is 0 Å². The van der Waals surface area contributed by atoms with Crippen LogP contribution in [-0.2, 0) is 23.1 Å². The zero-order valence-electron chi connectivity index (χ0n) is 18.9. The van der Waals surface area contributed by atoms with Gasteiger partial charge in [0, 0.05) is 5.69 Å². The van der Waals surface area contributed by atoms with Gasteiger partial charge in [-0.3, -0.25) is 0 Å². The summed E-state index contributed by atoms with van der Waals surface area (Å²) in [5.74, 6) is 0.500. The molecule has 0 saturated heterocycles. The Morgan fingerprint density at radius 2 is 1.42 bits per heavy atom. The number of fused-ring (bicyclic) bond motifs is 1. The summed E-state index contributed by atoms with van der Waals surface area (Å²) in [4.78, 5) is 4.96. The van der Waals surface area contributed by atoms with Crippen molar-refractivity contribution in [1.29, 1.82) is 0 Å². The van der Waals surface area contributed by atoms with Crippen LogP contribution in [0.15, 0.2) is 110 Å². The zero-order valence-corrected chi connectivity index (χ0v) is 18.9. The van der Waals surface area contributed by atoms with Gasteiger partial charge in [-0.15, -0.1) is 6.58 Å². The molecular weight excluding hydrogens is 404 g/mol. The molecule has 0 amide bonds. The lowest BCUT2D eigenvalue weighted by atomic mass is 9.76. The fourth-order valence-electron chi connectivity index (χ4n) is 5.27. The number of aromatic nitrogens is 2. The summed E-state index contributed by atoms with van der Waals surface area (Å²) in [7, 11) is 0. The van der Waals surface area contributed by atoms with E-state index in [1.54, 1.807) is 0 Å². The SMILES string of the molecule is C=CCOCC1CCc2c(ncn2C(c2ccccc2)(c2ccccc2)c2ccccc2)C1. The number of rotatable bonds is 8. The van der Waals surface area contributed by atoms with Gasteiger partial charge in [0.25, 0.3) is 0 Å². The summed E-state index contributed by atoms with van der Waals surface area (Å²) in [6.07, 6.45) is 6.92. The third-order valence-electron chi connectivity index (χ3n) is 6.75. The lowest BCUT2D eigenvalue weighted by molar-refractivity contribution is 0.116. The van der Waals surface area contributed by atoms with Gasteiger partial charge in [-0.1, -0.05) is 97.1 Å². The molecule has 0 radical (unpaired) electrons. The molecule has 1 aliphatic carbocycles. The van der Waals surface area contributed by atoms with E-state index in [1.165, 1.54) is 28.1 Å². The molecule has 1 heterocycles. The second-order valence-electron chi connectivity index (χ2n) is 8.75. The molecule has 3 aromatic carbocycles. The Balaban J connectivity index is 1.68. The molecule has 3 nitrogen and oxygen atoms in total. The Morgan fingerprint density at radius 3 is 1.94 bits per heavy atom. The summed E-state index contributed by atoms with van der Waals surface area (Å²) in [5.41, 5.74) is 5.74. The third kappa shape index (κ3) is 3.94. The Labute approximate surface area is 196 Å². The van der Waals surface area contributed by atoms with Gasteiger partial charge >= 0.3 is 0 Å². The number of nitrogens with zero attached hydrogens (tertiary/aromatic N) is 2. The highest BCUT2D eigenvalue weighted by Crippen LogP contribution is 2.43. The summed E-state index contributed by atoms with van der Waals surface area (Å²) in [5, 5.41) is 0.